The molecule has 3 amide bonds. The zero-order valence-electron chi connectivity index (χ0n) is 23.4. The normalized spacial score (nSPS) is 18.0. The van der Waals surface area contributed by atoms with Crippen LogP contribution < -0.4 is 10.6 Å². The SMILES string of the molecule is [C-]#[N+]c1ccc(Cn2cncc2CCNC(=O)[C@H]2CN(Cc3ccncc3)CCN2C(=O)NC2CCCCC2)cc1. The molecule has 10 heteroatoms. The standard InChI is InChI=1S/C31H38N8O2/c1-32-26-9-7-24(8-10-26)21-38-23-34-19-28(38)13-16-35-30(40)29-22-37(20-25-11-14-33-15-12-25)17-18-39(29)31(41)36-27-5-3-2-4-6-27/h7-12,14-15,19,23,27,29H,2-6,13,16-18,20-22H2,(H,35,40)(H,36,41)/t29-/m1/s1. The molecule has 3 aromatic rings. The maximum Gasteiger partial charge on any atom is 0.318 e. The highest BCUT2D eigenvalue weighted by atomic mass is 16.2. The molecule has 2 N–H and O–H groups in total. The first-order chi connectivity index (χ1) is 20.1. The highest BCUT2D eigenvalue weighted by Gasteiger charge is 2.36. The van der Waals surface area contributed by atoms with E-state index in [4.69, 9.17) is 6.57 Å². The van der Waals surface area contributed by atoms with Crippen LogP contribution in [0.15, 0.2) is 61.3 Å². The van der Waals surface area contributed by atoms with E-state index in [9.17, 15) is 9.59 Å². The van der Waals surface area contributed by atoms with E-state index >= 15 is 0 Å². The molecule has 1 atom stereocenters. The fraction of sp³-hybridized carbons (Fsp3) is 0.452. The Morgan fingerprint density at radius 2 is 1.71 bits per heavy atom. The van der Waals surface area contributed by atoms with Crippen molar-refractivity contribution in [1.29, 1.82) is 0 Å². The Balaban J connectivity index is 1.20. The Bertz CT molecular complexity index is 1330. The summed E-state index contributed by atoms with van der Waals surface area (Å²) in [4.78, 5) is 42.7. The van der Waals surface area contributed by atoms with Gasteiger partial charge in [-0.1, -0.05) is 43.5 Å². The minimum atomic E-state index is -0.569. The van der Waals surface area contributed by atoms with Gasteiger partial charge in [-0.05, 0) is 36.1 Å². The summed E-state index contributed by atoms with van der Waals surface area (Å²) in [7, 11) is 0. The predicted octanol–water partition coefficient (Wildman–Crippen LogP) is 3.76. The summed E-state index contributed by atoms with van der Waals surface area (Å²) < 4.78 is 2.06. The van der Waals surface area contributed by atoms with Crippen LogP contribution in [-0.4, -0.2) is 74.5 Å². The number of hydrogen-bond acceptors (Lipinski definition) is 5. The second kappa shape index (κ2) is 13.9. The highest BCUT2D eigenvalue weighted by Crippen LogP contribution is 2.20. The summed E-state index contributed by atoms with van der Waals surface area (Å²) in [5, 5.41) is 6.30. The largest absolute Gasteiger partial charge is 0.354 e. The van der Waals surface area contributed by atoms with E-state index < -0.39 is 6.04 Å². The molecule has 2 fully saturated rings. The fourth-order valence-electron chi connectivity index (χ4n) is 5.70. The first kappa shape index (κ1) is 28.3. The molecule has 10 nitrogen and oxygen atoms in total. The van der Waals surface area contributed by atoms with Crippen LogP contribution in [0.25, 0.3) is 4.85 Å². The van der Waals surface area contributed by atoms with Crippen LogP contribution in [-0.2, 0) is 24.3 Å². The Kier molecular flexibility index (Phi) is 9.60. The lowest BCUT2D eigenvalue weighted by molar-refractivity contribution is -0.127. The van der Waals surface area contributed by atoms with Gasteiger partial charge in [-0.15, -0.1) is 0 Å². The molecular formula is C31H38N8O2. The van der Waals surface area contributed by atoms with Crippen molar-refractivity contribution in [2.45, 2.75) is 63.7 Å². The molecule has 2 aromatic heterocycles. The molecule has 1 aliphatic heterocycles. The molecule has 5 rings (SSSR count). The first-order valence-electron chi connectivity index (χ1n) is 14.5. The van der Waals surface area contributed by atoms with Gasteiger partial charge in [0.1, 0.15) is 6.04 Å². The van der Waals surface area contributed by atoms with Gasteiger partial charge >= 0.3 is 6.03 Å². The molecule has 214 valence electrons. The van der Waals surface area contributed by atoms with Crippen LogP contribution in [0.3, 0.4) is 0 Å². The van der Waals surface area contributed by atoms with E-state index in [2.05, 4.69) is 34.9 Å². The van der Waals surface area contributed by atoms with Crippen LogP contribution in [0.2, 0.25) is 0 Å². The maximum absolute atomic E-state index is 13.6. The molecule has 1 saturated heterocycles. The summed E-state index contributed by atoms with van der Waals surface area (Å²) in [5.74, 6) is -0.135. The minimum Gasteiger partial charge on any atom is -0.354 e. The predicted molar refractivity (Wildman–Crippen MR) is 156 cm³/mol. The smallest absolute Gasteiger partial charge is 0.318 e. The summed E-state index contributed by atoms with van der Waals surface area (Å²) in [5.41, 5.74) is 3.84. The van der Waals surface area contributed by atoms with E-state index in [1.54, 1.807) is 23.6 Å². The van der Waals surface area contributed by atoms with Crippen LogP contribution in [0.5, 0.6) is 0 Å². The third-order valence-electron chi connectivity index (χ3n) is 8.01. The van der Waals surface area contributed by atoms with Crippen LogP contribution in [0.4, 0.5) is 10.5 Å². The molecule has 41 heavy (non-hydrogen) atoms. The lowest BCUT2D eigenvalue weighted by atomic mass is 9.95. The van der Waals surface area contributed by atoms with Crippen molar-refractivity contribution in [1.82, 2.24) is 35.0 Å². The van der Waals surface area contributed by atoms with Crippen molar-refractivity contribution in [3.63, 3.8) is 0 Å². The van der Waals surface area contributed by atoms with Gasteiger partial charge in [0, 0.05) is 76.0 Å². The molecule has 0 bridgehead atoms. The number of nitrogens with zero attached hydrogens (tertiary/aromatic N) is 6. The van der Waals surface area contributed by atoms with Crippen molar-refractivity contribution in [3.8, 4) is 0 Å². The minimum absolute atomic E-state index is 0.135. The van der Waals surface area contributed by atoms with E-state index in [0.717, 1.165) is 42.5 Å². The summed E-state index contributed by atoms with van der Waals surface area (Å²) in [6.07, 6.45) is 13.3. The highest BCUT2D eigenvalue weighted by molar-refractivity contribution is 5.87. The number of carbonyl (C=O) groups is 2. The van der Waals surface area contributed by atoms with Crippen molar-refractivity contribution in [2.75, 3.05) is 26.2 Å². The number of urea groups is 1. The van der Waals surface area contributed by atoms with E-state index in [1.165, 1.54) is 6.42 Å². The number of hydrogen-bond donors (Lipinski definition) is 2. The molecule has 1 aromatic carbocycles. The quantitative estimate of drug-likeness (QED) is 0.393. The third kappa shape index (κ3) is 7.70. The molecular weight excluding hydrogens is 516 g/mol. The van der Waals surface area contributed by atoms with Crippen molar-refractivity contribution in [3.05, 3.63) is 89.6 Å². The first-order valence-corrected chi connectivity index (χ1v) is 14.5. The topological polar surface area (TPSA) is 99.8 Å². The lowest BCUT2D eigenvalue weighted by Crippen LogP contribution is -2.63. The molecule has 3 heterocycles. The van der Waals surface area contributed by atoms with Crippen LogP contribution >= 0.6 is 0 Å². The van der Waals surface area contributed by atoms with Crippen LogP contribution in [0.1, 0.15) is 48.9 Å². The van der Waals surface area contributed by atoms with Gasteiger partial charge < -0.3 is 20.1 Å². The molecule has 0 spiro atoms. The number of rotatable bonds is 9. The Morgan fingerprint density at radius 3 is 2.46 bits per heavy atom. The Hall–Kier alpha value is -4.23. The lowest BCUT2D eigenvalue weighted by Gasteiger charge is -2.41. The number of aromatic nitrogens is 3. The number of pyridine rings is 1. The number of imidazole rings is 1. The zero-order valence-corrected chi connectivity index (χ0v) is 23.4. The van der Waals surface area contributed by atoms with Gasteiger partial charge in [-0.25, -0.2) is 14.6 Å². The van der Waals surface area contributed by atoms with Gasteiger partial charge in [0.15, 0.2) is 5.69 Å². The summed E-state index contributed by atoms with van der Waals surface area (Å²) in [6, 6.07) is 11.0. The van der Waals surface area contributed by atoms with Crippen LogP contribution in [0, 0.1) is 6.57 Å². The zero-order chi connectivity index (χ0) is 28.4. The molecule has 0 radical (unpaired) electrons. The van der Waals surface area contributed by atoms with Gasteiger partial charge in [-0.3, -0.25) is 14.7 Å². The fourth-order valence-corrected chi connectivity index (χ4v) is 5.70. The van der Waals surface area contributed by atoms with Gasteiger partial charge in [-0.2, -0.15) is 0 Å². The Morgan fingerprint density at radius 1 is 0.951 bits per heavy atom. The van der Waals surface area contributed by atoms with Gasteiger partial charge in [0.05, 0.1) is 12.9 Å². The number of benzene rings is 1. The molecule has 1 aliphatic carbocycles. The van der Waals surface area contributed by atoms with Crippen molar-refractivity contribution in [2.24, 2.45) is 0 Å². The van der Waals surface area contributed by atoms with E-state index in [-0.39, 0.29) is 18.0 Å². The number of nitrogens with one attached hydrogen (secondary N) is 2. The number of amides is 3. The second-order valence-electron chi connectivity index (χ2n) is 10.9. The molecule has 1 saturated carbocycles. The average Bonchev–Trinajstić information content (AvgIpc) is 3.45. The molecule has 2 aliphatic rings. The average molecular weight is 555 g/mol. The summed E-state index contributed by atoms with van der Waals surface area (Å²) >= 11 is 0. The van der Waals surface area contributed by atoms with E-state index in [0.29, 0.717) is 51.4 Å². The van der Waals surface area contributed by atoms with Crippen molar-refractivity contribution >= 4 is 17.6 Å². The number of carbonyl (C=O) groups excluding carboxylic acids is 2. The maximum atomic E-state index is 13.6. The monoisotopic (exact) mass is 554 g/mol. The second-order valence-corrected chi connectivity index (χ2v) is 10.9. The number of piperazine rings is 1. The van der Waals surface area contributed by atoms with Gasteiger partial charge in [0.2, 0.25) is 5.91 Å². The van der Waals surface area contributed by atoms with Crippen molar-refractivity contribution < 1.29 is 9.59 Å². The third-order valence-corrected chi connectivity index (χ3v) is 8.01. The summed E-state index contributed by atoms with van der Waals surface area (Å²) in [6.45, 7) is 10.6. The van der Waals surface area contributed by atoms with Gasteiger partial charge in [0.25, 0.3) is 0 Å². The Labute approximate surface area is 241 Å². The molecule has 0 unspecified atom stereocenters. The van der Waals surface area contributed by atoms with E-state index in [1.807, 2.05) is 42.6 Å².